The highest BCUT2D eigenvalue weighted by atomic mass is 19.1. The summed E-state index contributed by atoms with van der Waals surface area (Å²) in [6, 6.07) is 8.18. The van der Waals surface area contributed by atoms with Crippen LogP contribution in [0.1, 0.15) is 43.7 Å². The van der Waals surface area contributed by atoms with Crippen molar-refractivity contribution in [3.05, 3.63) is 48.0 Å². The smallest absolute Gasteiger partial charge is 0.225 e. The Morgan fingerprint density at radius 1 is 1.08 bits per heavy atom. The average molecular weight is 339 g/mol. The topological polar surface area (TPSA) is 46.1 Å². The zero-order chi connectivity index (χ0) is 17.2. The molecule has 130 valence electrons. The summed E-state index contributed by atoms with van der Waals surface area (Å²) in [6.45, 7) is 1.61. The quantitative estimate of drug-likeness (QED) is 0.855. The van der Waals surface area contributed by atoms with Gasteiger partial charge in [-0.2, -0.15) is 0 Å². The van der Waals surface area contributed by atoms with E-state index in [2.05, 4.69) is 4.98 Å². The van der Waals surface area contributed by atoms with Crippen LogP contribution in [0.2, 0.25) is 0 Å². The molecule has 1 amide bonds. The molecule has 1 saturated carbocycles. The first-order valence-electron chi connectivity index (χ1n) is 9.08. The Kier molecular flexibility index (Phi) is 4.47. The monoisotopic (exact) mass is 339 g/mol. The van der Waals surface area contributed by atoms with E-state index in [0.717, 1.165) is 50.0 Å². The first kappa shape index (κ1) is 16.2. The zero-order valence-electron chi connectivity index (χ0n) is 14.2. The van der Waals surface area contributed by atoms with E-state index < -0.39 is 0 Å². The molecule has 1 atom stereocenters. The minimum Gasteiger partial charge on any atom is -0.342 e. The third kappa shape index (κ3) is 3.41. The second-order valence-electron chi connectivity index (χ2n) is 7.06. The fraction of sp³-hybridized carbons (Fsp3) is 0.450. The van der Waals surface area contributed by atoms with Crippen molar-refractivity contribution in [2.24, 2.45) is 5.92 Å². The van der Waals surface area contributed by atoms with Gasteiger partial charge < -0.3 is 4.90 Å². The lowest BCUT2D eigenvalue weighted by molar-refractivity contribution is -0.139. The number of aromatic nitrogens is 2. The molecule has 25 heavy (non-hydrogen) atoms. The van der Waals surface area contributed by atoms with Crippen molar-refractivity contribution in [1.82, 2.24) is 14.9 Å². The maximum atomic E-state index is 13.1. The maximum Gasteiger partial charge on any atom is 0.225 e. The van der Waals surface area contributed by atoms with Crippen LogP contribution in [0.15, 0.2) is 36.5 Å². The summed E-state index contributed by atoms with van der Waals surface area (Å²) in [4.78, 5) is 23.6. The molecule has 2 heterocycles. The van der Waals surface area contributed by atoms with E-state index in [1.54, 1.807) is 18.3 Å². The third-order valence-electron chi connectivity index (χ3n) is 5.39. The van der Waals surface area contributed by atoms with Gasteiger partial charge in [0.05, 0.1) is 0 Å². The van der Waals surface area contributed by atoms with Crippen LogP contribution >= 0.6 is 0 Å². The third-order valence-corrected chi connectivity index (χ3v) is 5.39. The number of carbonyl (C=O) groups is 1. The Labute approximate surface area is 147 Å². The fourth-order valence-electron chi connectivity index (χ4n) is 3.67. The van der Waals surface area contributed by atoms with E-state index in [1.807, 2.05) is 11.0 Å². The standard InChI is InChI=1S/C20H22FN3O/c21-17-8-6-14(7-9-17)19-22-11-10-18(23-19)16-5-2-12-24(13-16)20(25)15-3-1-4-15/h6-11,15-16H,1-5,12-13H2/t16-/m1/s1. The van der Waals surface area contributed by atoms with Crippen molar-refractivity contribution in [2.45, 2.75) is 38.0 Å². The second-order valence-corrected chi connectivity index (χ2v) is 7.06. The Hall–Kier alpha value is -2.30. The molecule has 1 aromatic carbocycles. The predicted molar refractivity (Wildman–Crippen MR) is 93.3 cm³/mol. The maximum absolute atomic E-state index is 13.1. The van der Waals surface area contributed by atoms with Gasteiger partial charge >= 0.3 is 0 Å². The molecule has 1 aromatic heterocycles. The molecule has 1 aliphatic carbocycles. The van der Waals surface area contributed by atoms with Crippen LogP contribution in [0, 0.1) is 11.7 Å². The minimum atomic E-state index is -0.266. The van der Waals surface area contributed by atoms with Crippen LogP contribution in [-0.2, 0) is 4.79 Å². The minimum absolute atomic E-state index is 0.249. The lowest BCUT2D eigenvalue weighted by Gasteiger charge is -2.37. The fourth-order valence-corrected chi connectivity index (χ4v) is 3.67. The van der Waals surface area contributed by atoms with Crippen molar-refractivity contribution in [1.29, 1.82) is 0 Å². The number of amides is 1. The molecule has 1 saturated heterocycles. The van der Waals surface area contributed by atoms with Crippen LogP contribution in [-0.4, -0.2) is 33.9 Å². The van der Waals surface area contributed by atoms with Crippen molar-refractivity contribution >= 4 is 5.91 Å². The van der Waals surface area contributed by atoms with E-state index >= 15 is 0 Å². The number of carbonyl (C=O) groups excluding carboxylic acids is 1. The lowest BCUT2D eigenvalue weighted by Crippen LogP contribution is -2.44. The second kappa shape index (κ2) is 6.90. The van der Waals surface area contributed by atoms with Gasteiger partial charge in [-0.15, -0.1) is 0 Å². The van der Waals surface area contributed by atoms with Gasteiger partial charge in [0.15, 0.2) is 5.82 Å². The largest absolute Gasteiger partial charge is 0.342 e. The summed E-state index contributed by atoms with van der Waals surface area (Å²) in [7, 11) is 0. The van der Waals surface area contributed by atoms with Gasteiger partial charge in [0.2, 0.25) is 5.91 Å². The molecular formula is C20H22FN3O. The summed E-state index contributed by atoms with van der Waals surface area (Å²) in [5, 5.41) is 0. The van der Waals surface area contributed by atoms with Crippen molar-refractivity contribution in [3.63, 3.8) is 0 Å². The molecule has 0 radical (unpaired) electrons. The summed E-state index contributed by atoms with van der Waals surface area (Å²) in [6.07, 6.45) is 7.08. The SMILES string of the molecule is O=C(C1CCC1)N1CCC[C@@H](c2ccnc(-c3ccc(F)cc3)n2)C1. The molecule has 0 N–H and O–H groups in total. The van der Waals surface area contributed by atoms with Crippen molar-refractivity contribution in [2.75, 3.05) is 13.1 Å². The first-order chi connectivity index (χ1) is 12.2. The highest BCUT2D eigenvalue weighted by Crippen LogP contribution is 2.32. The molecule has 5 heteroatoms. The number of rotatable bonds is 3. The number of benzene rings is 1. The van der Waals surface area contributed by atoms with Crippen LogP contribution < -0.4 is 0 Å². The Morgan fingerprint density at radius 2 is 1.88 bits per heavy atom. The average Bonchev–Trinajstić information content (AvgIpc) is 2.61. The highest BCUT2D eigenvalue weighted by Gasteiger charge is 2.32. The number of piperidine rings is 1. The lowest BCUT2D eigenvalue weighted by atomic mass is 9.83. The zero-order valence-corrected chi connectivity index (χ0v) is 14.2. The number of hydrogen-bond acceptors (Lipinski definition) is 3. The van der Waals surface area contributed by atoms with E-state index in [-0.39, 0.29) is 17.7 Å². The van der Waals surface area contributed by atoms with E-state index in [0.29, 0.717) is 11.7 Å². The summed E-state index contributed by atoms with van der Waals surface area (Å²) >= 11 is 0. The normalized spacial score (nSPS) is 21.0. The van der Waals surface area contributed by atoms with Crippen LogP contribution in [0.25, 0.3) is 11.4 Å². The molecule has 2 aliphatic rings. The van der Waals surface area contributed by atoms with E-state index in [9.17, 15) is 9.18 Å². The molecule has 0 bridgehead atoms. The van der Waals surface area contributed by atoms with Crippen LogP contribution in [0.5, 0.6) is 0 Å². The van der Waals surface area contributed by atoms with Gasteiger partial charge in [-0.25, -0.2) is 14.4 Å². The van der Waals surface area contributed by atoms with Crippen LogP contribution in [0.3, 0.4) is 0 Å². The van der Waals surface area contributed by atoms with Gasteiger partial charge in [0.1, 0.15) is 5.82 Å². The highest BCUT2D eigenvalue weighted by molar-refractivity contribution is 5.79. The number of likely N-dealkylation sites (tertiary alicyclic amines) is 1. The Balaban J connectivity index is 1.51. The number of halogens is 1. The predicted octanol–water partition coefficient (Wildman–Crippen LogP) is 3.79. The van der Waals surface area contributed by atoms with Crippen molar-refractivity contribution in [3.8, 4) is 11.4 Å². The van der Waals surface area contributed by atoms with E-state index in [4.69, 9.17) is 4.98 Å². The molecular weight excluding hydrogens is 317 g/mol. The Bertz CT molecular complexity index is 758. The Morgan fingerprint density at radius 3 is 2.60 bits per heavy atom. The van der Waals surface area contributed by atoms with Gasteiger partial charge in [-0.05, 0) is 56.0 Å². The molecule has 1 aliphatic heterocycles. The summed E-state index contributed by atoms with van der Waals surface area (Å²) in [5.41, 5.74) is 1.78. The molecule has 2 fully saturated rings. The van der Waals surface area contributed by atoms with Gasteiger partial charge in [0.25, 0.3) is 0 Å². The van der Waals surface area contributed by atoms with Gasteiger partial charge in [-0.3, -0.25) is 4.79 Å². The molecule has 4 rings (SSSR count). The van der Waals surface area contributed by atoms with Crippen LogP contribution in [0.4, 0.5) is 4.39 Å². The van der Waals surface area contributed by atoms with E-state index in [1.165, 1.54) is 18.6 Å². The summed E-state index contributed by atoms with van der Waals surface area (Å²) < 4.78 is 13.1. The number of hydrogen-bond donors (Lipinski definition) is 0. The van der Waals surface area contributed by atoms with Crippen molar-refractivity contribution < 1.29 is 9.18 Å². The van der Waals surface area contributed by atoms with Gasteiger partial charge in [0, 0.05) is 42.4 Å². The molecule has 4 nitrogen and oxygen atoms in total. The number of nitrogens with zero attached hydrogens (tertiary/aromatic N) is 3. The molecule has 0 unspecified atom stereocenters. The van der Waals surface area contributed by atoms with Gasteiger partial charge in [-0.1, -0.05) is 6.42 Å². The first-order valence-corrected chi connectivity index (χ1v) is 9.08. The molecule has 0 spiro atoms. The molecule has 2 aromatic rings. The summed E-state index contributed by atoms with van der Waals surface area (Å²) in [5.74, 6) is 1.17.